The largest absolute Gasteiger partial charge is 0.573 e. The Balaban J connectivity index is 0.00000144. The summed E-state index contributed by atoms with van der Waals surface area (Å²) in [6.45, 7) is 1.69. The van der Waals surface area contributed by atoms with E-state index >= 15 is 0 Å². The van der Waals surface area contributed by atoms with E-state index in [0.29, 0.717) is 17.0 Å². The zero-order chi connectivity index (χ0) is 15.7. The van der Waals surface area contributed by atoms with Crippen molar-refractivity contribution < 1.29 is 17.9 Å². The van der Waals surface area contributed by atoms with Crippen LogP contribution in [0.2, 0.25) is 0 Å². The van der Waals surface area contributed by atoms with Crippen molar-refractivity contribution >= 4 is 47.8 Å². The molecular formula is C13H16Cl2F3N5O. The van der Waals surface area contributed by atoms with Gasteiger partial charge in [0.25, 0.3) is 0 Å². The Morgan fingerprint density at radius 2 is 1.92 bits per heavy atom. The van der Waals surface area contributed by atoms with E-state index in [2.05, 4.69) is 19.7 Å². The zero-order valence-corrected chi connectivity index (χ0v) is 14.0. The maximum atomic E-state index is 12.2. The van der Waals surface area contributed by atoms with Crippen LogP contribution in [0.1, 0.15) is 12.8 Å². The van der Waals surface area contributed by atoms with Crippen LogP contribution in [0.4, 0.5) is 19.1 Å². The Morgan fingerprint density at radius 1 is 1.25 bits per heavy atom. The topological polar surface area (TPSA) is 79.5 Å². The number of benzene rings is 1. The average molecular weight is 386 g/mol. The molecule has 134 valence electrons. The molecule has 0 spiro atoms. The normalized spacial score (nSPS) is 15.1. The van der Waals surface area contributed by atoms with Crippen molar-refractivity contribution in [2.24, 2.45) is 10.7 Å². The lowest BCUT2D eigenvalue weighted by atomic mass is 10.3. The third-order valence-corrected chi connectivity index (χ3v) is 3.32. The molecule has 24 heavy (non-hydrogen) atoms. The monoisotopic (exact) mass is 385 g/mol. The first-order valence-corrected chi connectivity index (χ1v) is 6.75. The van der Waals surface area contributed by atoms with Gasteiger partial charge in [-0.15, -0.1) is 38.0 Å². The van der Waals surface area contributed by atoms with Crippen LogP contribution in [0.25, 0.3) is 11.0 Å². The lowest BCUT2D eigenvalue weighted by molar-refractivity contribution is -0.274. The van der Waals surface area contributed by atoms with Gasteiger partial charge in [-0.25, -0.2) is 4.98 Å². The smallest absolute Gasteiger partial charge is 0.406 e. The molecule has 0 bridgehead atoms. The number of nitrogens with two attached hydrogens (primary N) is 1. The lowest BCUT2D eigenvalue weighted by Crippen LogP contribution is -2.34. The van der Waals surface area contributed by atoms with Crippen LogP contribution in [0.5, 0.6) is 5.75 Å². The van der Waals surface area contributed by atoms with Crippen molar-refractivity contribution in [2.75, 3.05) is 13.1 Å². The molecule has 2 heterocycles. The van der Waals surface area contributed by atoms with Gasteiger partial charge in [0.2, 0.25) is 5.95 Å². The number of aliphatic imine (C=N–C) groups is 1. The number of nitrogens with one attached hydrogen (secondary N) is 1. The molecule has 0 radical (unpaired) electrons. The van der Waals surface area contributed by atoms with Crippen molar-refractivity contribution in [3.05, 3.63) is 18.2 Å². The van der Waals surface area contributed by atoms with Gasteiger partial charge in [-0.1, -0.05) is 0 Å². The second-order valence-corrected chi connectivity index (χ2v) is 4.95. The number of aromatic amines is 1. The number of imidazole rings is 1. The third kappa shape index (κ3) is 4.81. The van der Waals surface area contributed by atoms with E-state index in [1.165, 1.54) is 18.2 Å². The van der Waals surface area contributed by atoms with Gasteiger partial charge in [-0.2, -0.15) is 4.99 Å². The molecule has 11 heteroatoms. The molecule has 3 N–H and O–H groups in total. The number of hydrogen-bond donors (Lipinski definition) is 2. The molecule has 0 aliphatic carbocycles. The first kappa shape index (κ1) is 20.2. The summed E-state index contributed by atoms with van der Waals surface area (Å²) in [6, 6.07) is 3.85. The minimum atomic E-state index is -4.73. The maximum Gasteiger partial charge on any atom is 0.573 e. The third-order valence-electron chi connectivity index (χ3n) is 3.32. The van der Waals surface area contributed by atoms with Crippen LogP contribution in [-0.2, 0) is 0 Å². The fourth-order valence-electron chi connectivity index (χ4n) is 2.35. The van der Waals surface area contributed by atoms with E-state index in [-0.39, 0.29) is 36.5 Å². The molecule has 0 saturated carbocycles. The Kier molecular flexibility index (Phi) is 6.56. The van der Waals surface area contributed by atoms with Crippen molar-refractivity contribution in [1.82, 2.24) is 14.9 Å². The van der Waals surface area contributed by atoms with Crippen molar-refractivity contribution in [3.8, 4) is 5.75 Å². The van der Waals surface area contributed by atoms with Crippen LogP contribution < -0.4 is 10.5 Å². The van der Waals surface area contributed by atoms with E-state index in [1.54, 1.807) is 0 Å². The number of guanidine groups is 1. The predicted octanol–water partition coefficient (Wildman–Crippen LogP) is 3.35. The molecular weight excluding hydrogens is 370 g/mol. The average Bonchev–Trinajstić information content (AvgIpc) is 3.04. The van der Waals surface area contributed by atoms with E-state index in [4.69, 9.17) is 5.73 Å². The molecule has 0 atom stereocenters. The van der Waals surface area contributed by atoms with Gasteiger partial charge in [0, 0.05) is 19.2 Å². The summed E-state index contributed by atoms with van der Waals surface area (Å²) in [5.74, 6) is 0.290. The van der Waals surface area contributed by atoms with E-state index in [0.717, 1.165) is 25.9 Å². The van der Waals surface area contributed by atoms with Gasteiger partial charge >= 0.3 is 6.36 Å². The number of ether oxygens (including phenoxy) is 1. The maximum absolute atomic E-state index is 12.2. The lowest BCUT2D eigenvalue weighted by Gasteiger charge is -2.14. The van der Waals surface area contributed by atoms with E-state index in [9.17, 15) is 13.2 Å². The highest BCUT2D eigenvalue weighted by Crippen LogP contribution is 2.26. The zero-order valence-electron chi connectivity index (χ0n) is 12.3. The van der Waals surface area contributed by atoms with Gasteiger partial charge in [-0.3, -0.25) is 0 Å². The molecule has 6 nitrogen and oxygen atoms in total. The van der Waals surface area contributed by atoms with Crippen LogP contribution in [0, 0.1) is 0 Å². The van der Waals surface area contributed by atoms with Gasteiger partial charge in [0.1, 0.15) is 5.75 Å². The molecule has 0 unspecified atom stereocenters. The number of likely N-dealkylation sites (tertiary alicyclic amines) is 1. The summed E-state index contributed by atoms with van der Waals surface area (Å²) in [7, 11) is 0. The van der Waals surface area contributed by atoms with Gasteiger partial charge < -0.3 is 20.4 Å². The van der Waals surface area contributed by atoms with Gasteiger partial charge in [0.15, 0.2) is 5.96 Å². The summed E-state index contributed by atoms with van der Waals surface area (Å²) in [6.07, 6.45) is -2.60. The standard InChI is InChI=1S/C13H14F3N5O.2ClH/c14-13(15,16)22-8-3-4-9-10(7-8)19-12(18-9)20-11(17)21-5-1-2-6-21;;/h3-4,7H,1-2,5-6H2,(H3,17,18,19,20);2*1H. The number of H-pyrrole nitrogens is 1. The highest BCUT2D eigenvalue weighted by Gasteiger charge is 2.31. The molecule has 1 aromatic carbocycles. The molecule has 0 amide bonds. The summed E-state index contributed by atoms with van der Waals surface area (Å²) in [5.41, 5.74) is 6.77. The molecule has 1 aliphatic heterocycles. The van der Waals surface area contributed by atoms with Crippen molar-refractivity contribution in [2.45, 2.75) is 19.2 Å². The Labute approximate surface area is 148 Å². The van der Waals surface area contributed by atoms with Crippen LogP contribution in [-0.4, -0.2) is 40.3 Å². The number of rotatable bonds is 2. The number of halogens is 5. The number of alkyl halides is 3. The molecule has 2 aromatic rings. The van der Waals surface area contributed by atoms with Gasteiger partial charge in [0.05, 0.1) is 11.0 Å². The minimum absolute atomic E-state index is 0. The molecule has 1 saturated heterocycles. The van der Waals surface area contributed by atoms with Gasteiger partial charge in [-0.05, 0) is 25.0 Å². The predicted molar refractivity (Wildman–Crippen MR) is 89.4 cm³/mol. The molecule has 1 aliphatic rings. The second-order valence-electron chi connectivity index (χ2n) is 4.95. The van der Waals surface area contributed by atoms with E-state index in [1.807, 2.05) is 4.90 Å². The highest BCUT2D eigenvalue weighted by atomic mass is 35.5. The first-order chi connectivity index (χ1) is 10.4. The SMILES string of the molecule is Cl.Cl.NC(=Nc1nc2ccc(OC(F)(F)F)cc2[nH]1)N1CCCC1. The molecule has 1 fully saturated rings. The molecule has 3 rings (SSSR count). The number of hydrogen-bond acceptors (Lipinski definition) is 3. The Bertz CT molecular complexity index is 713. The summed E-state index contributed by atoms with van der Waals surface area (Å²) in [5, 5.41) is 0. The van der Waals surface area contributed by atoms with Crippen LogP contribution in [0.15, 0.2) is 23.2 Å². The summed E-state index contributed by atoms with van der Waals surface area (Å²) in [4.78, 5) is 13.1. The fourth-order valence-corrected chi connectivity index (χ4v) is 2.35. The number of fused-ring (bicyclic) bond motifs is 1. The Hall–Kier alpha value is -1.87. The minimum Gasteiger partial charge on any atom is -0.406 e. The number of aromatic nitrogens is 2. The Morgan fingerprint density at radius 3 is 2.54 bits per heavy atom. The van der Waals surface area contributed by atoms with Crippen molar-refractivity contribution in [3.63, 3.8) is 0 Å². The summed E-state index contributed by atoms with van der Waals surface area (Å²) < 4.78 is 40.5. The van der Waals surface area contributed by atoms with Crippen LogP contribution in [0.3, 0.4) is 0 Å². The fraction of sp³-hybridized carbons (Fsp3) is 0.385. The quantitative estimate of drug-likeness (QED) is 0.613. The van der Waals surface area contributed by atoms with Crippen LogP contribution >= 0.6 is 24.8 Å². The first-order valence-electron chi connectivity index (χ1n) is 6.75. The van der Waals surface area contributed by atoms with Crippen molar-refractivity contribution in [1.29, 1.82) is 0 Å². The molecule has 1 aromatic heterocycles. The highest BCUT2D eigenvalue weighted by molar-refractivity contribution is 5.85. The second kappa shape index (κ2) is 7.80. The number of nitrogens with zero attached hydrogens (tertiary/aromatic N) is 3. The van der Waals surface area contributed by atoms with E-state index < -0.39 is 6.36 Å². The summed E-state index contributed by atoms with van der Waals surface area (Å²) >= 11 is 0.